The van der Waals surface area contributed by atoms with Crippen molar-refractivity contribution in [3.63, 3.8) is 0 Å². The summed E-state index contributed by atoms with van der Waals surface area (Å²) in [6, 6.07) is 8.33. The number of ether oxygens (including phenoxy) is 1. The highest BCUT2D eigenvalue weighted by atomic mass is 32.2. The maximum absolute atomic E-state index is 14.7. The summed E-state index contributed by atoms with van der Waals surface area (Å²) in [6.07, 6.45) is 9.63. The number of thioether (sulfide) groups is 1. The first kappa shape index (κ1) is 32.3. The Morgan fingerprint density at radius 1 is 1.21 bits per heavy atom. The van der Waals surface area contributed by atoms with Gasteiger partial charge in [-0.2, -0.15) is 0 Å². The first-order valence-corrected chi connectivity index (χ1v) is 16.4. The number of amides is 2. The molecular weight excluding hydrogens is 548 g/mol. The summed E-state index contributed by atoms with van der Waals surface area (Å²) in [4.78, 5) is 46.6. The summed E-state index contributed by atoms with van der Waals surface area (Å²) in [5.41, 5.74) is 0.979. The van der Waals surface area contributed by atoms with Crippen LogP contribution in [0.5, 0.6) is 0 Å². The fourth-order valence-electron chi connectivity index (χ4n) is 7.54. The number of rotatable bonds is 16. The molecule has 3 aliphatic heterocycles. The Kier molecular flexibility index (Phi) is 10.6. The van der Waals surface area contributed by atoms with Crippen LogP contribution in [-0.2, 0) is 25.5 Å². The second kappa shape index (κ2) is 13.8. The van der Waals surface area contributed by atoms with Crippen molar-refractivity contribution < 1.29 is 24.2 Å². The molecule has 1 spiro atoms. The fraction of sp³-hybridized carbons (Fsp3) is 0.618. The van der Waals surface area contributed by atoms with Crippen LogP contribution in [0.4, 0.5) is 0 Å². The molecule has 0 radical (unpaired) electrons. The van der Waals surface area contributed by atoms with Gasteiger partial charge in [0.1, 0.15) is 6.04 Å². The van der Waals surface area contributed by atoms with E-state index in [9.17, 15) is 19.5 Å². The monoisotopic (exact) mass is 596 g/mol. The average Bonchev–Trinajstić information content (AvgIpc) is 3.55. The number of fused-ring (bicyclic) bond motifs is 1. The van der Waals surface area contributed by atoms with Crippen molar-refractivity contribution >= 4 is 29.5 Å². The van der Waals surface area contributed by atoms with E-state index < -0.39 is 33.4 Å². The molecule has 42 heavy (non-hydrogen) atoms. The zero-order valence-electron chi connectivity index (χ0n) is 25.5. The van der Waals surface area contributed by atoms with Crippen LogP contribution < -0.4 is 0 Å². The van der Waals surface area contributed by atoms with E-state index >= 15 is 0 Å². The minimum absolute atomic E-state index is 0.0369. The summed E-state index contributed by atoms with van der Waals surface area (Å²) in [6.45, 7) is 14.3. The Balaban J connectivity index is 1.74. The molecule has 3 unspecified atom stereocenters. The fourth-order valence-corrected chi connectivity index (χ4v) is 9.87. The van der Waals surface area contributed by atoms with Crippen LogP contribution in [0, 0.1) is 11.8 Å². The van der Waals surface area contributed by atoms with Crippen molar-refractivity contribution in [1.29, 1.82) is 0 Å². The van der Waals surface area contributed by atoms with Crippen LogP contribution in [-0.4, -0.2) is 80.1 Å². The number of likely N-dealkylation sites (tertiary alicyclic amines) is 1. The van der Waals surface area contributed by atoms with Crippen molar-refractivity contribution in [2.24, 2.45) is 11.8 Å². The Hall–Kier alpha value is -2.58. The van der Waals surface area contributed by atoms with Gasteiger partial charge < -0.3 is 19.6 Å². The molecule has 3 heterocycles. The number of carbonyl (C=O) groups is 3. The zero-order valence-corrected chi connectivity index (χ0v) is 26.3. The van der Waals surface area contributed by atoms with E-state index in [0.29, 0.717) is 26.0 Å². The summed E-state index contributed by atoms with van der Waals surface area (Å²) in [5.74, 6) is -1.99. The third-order valence-electron chi connectivity index (χ3n) is 9.51. The minimum Gasteiger partial charge on any atom is -0.465 e. The van der Waals surface area contributed by atoms with Gasteiger partial charge in [-0.15, -0.1) is 24.9 Å². The number of unbranched alkanes of at least 4 members (excludes halogenated alkanes) is 2. The quantitative estimate of drug-likeness (QED) is 0.161. The number of aliphatic hydroxyl groups is 1. The molecule has 0 aliphatic carbocycles. The first-order chi connectivity index (χ1) is 20.2. The number of aliphatic hydroxyl groups excluding tert-OH is 1. The van der Waals surface area contributed by atoms with Gasteiger partial charge in [0.2, 0.25) is 11.8 Å². The molecule has 3 saturated heterocycles. The van der Waals surface area contributed by atoms with Crippen molar-refractivity contribution in [3.05, 3.63) is 61.2 Å². The standard InChI is InChI=1S/C34H48N2O5S/c1-6-9-10-14-21-41-32(40)28-27-30(38)36(26(23-37)22-25-16-12-11-13-17-25)29(34(27)19-18-33(28,5)42-34)31(39)35(20-8-3)24(4)15-7-2/h6,8,11-13,16-17,24,26-29,37H,1,3,7,9-10,14-15,18-23H2,2,4-5H3/t24?,26-,27+,28-,29?,33+,34?/m1/s1. The van der Waals surface area contributed by atoms with Crippen LogP contribution in [0.15, 0.2) is 55.6 Å². The predicted octanol–water partition coefficient (Wildman–Crippen LogP) is 5.17. The van der Waals surface area contributed by atoms with Crippen molar-refractivity contribution in [1.82, 2.24) is 9.80 Å². The molecule has 3 aliphatic rings. The number of nitrogens with zero attached hydrogens (tertiary/aromatic N) is 2. The normalized spacial score (nSPS) is 29.2. The van der Waals surface area contributed by atoms with E-state index in [1.807, 2.05) is 48.2 Å². The molecule has 0 saturated carbocycles. The smallest absolute Gasteiger partial charge is 0.311 e. The van der Waals surface area contributed by atoms with Gasteiger partial charge in [0.05, 0.1) is 35.8 Å². The third-order valence-corrected chi connectivity index (χ3v) is 11.5. The number of esters is 1. The van der Waals surface area contributed by atoms with E-state index in [0.717, 1.165) is 44.1 Å². The van der Waals surface area contributed by atoms with Crippen LogP contribution in [0.1, 0.15) is 71.3 Å². The van der Waals surface area contributed by atoms with Gasteiger partial charge in [-0.3, -0.25) is 14.4 Å². The van der Waals surface area contributed by atoms with Crippen LogP contribution in [0.25, 0.3) is 0 Å². The lowest BCUT2D eigenvalue weighted by Crippen LogP contribution is -2.59. The molecule has 0 aromatic heterocycles. The summed E-state index contributed by atoms with van der Waals surface area (Å²) in [5, 5.41) is 10.7. The largest absolute Gasteiger partial charge is 0.465 e. The highest BCUT2D eigenvalue weighted by Gasteiger charge is 2.78. The van der Waals surface area contributed by atoms with Gasteiger partial charge in [0.15, 0.2) is 0 Å². The molecule has 230 valence electrons. The highest BCUT2D eigenvalue weighted by molar-refractivity contribution is 8.02. The lowest BCUT2D eigenvalue weighted by Gasteiger charge is -2.41. The molecule has 3 fully saturated rings. The Morgan fingerprint density at radius 3 is 2.60 bits per heavy atom. The topological polar surface area (TPSA) is 87.1 Å². The molecular formula is C34H48N2O5S. The number of hydrogen-bond acceptors (Lipinski definition) is 6. The van der Waals surface area contributed by atoms with E-state index in [1.54, 1.807) is 22.7 Å². The predicted molar refractivity (Wildman–Crippen MR) is 168 cm³/mol. The SMILES string of the molecule is C=CCCCCOC(=O)[C@H]1[C@H]2C(=O)N([C@@H](CO)Cc3ccccc3)C(C(=O)N(CC=C)C(C)CCC)C23CC[C@]1(C)S3. The van der Waals surface area contributed by atoms with Gasteiger partial charge in [-0.1, -0.05) is 55.8 Å². The summed E-state index contributed by atoms with van der Waals surface area (Å²) in [7, 11) is 0. The maximum Gasteiger partial charge on any atom is 0.311 e. The van der Waals surface area contributed by atoms with E-state index in [4.69, 9.17) is 4.74 Å². The second-order valence-electron chi connectivity index (χ2n) is 12.4. The lowest BCUT2D eigenvalue weighted by molar-refractivity contribution is -0.156. The highest BCUT2D eigenvalue weighted by Crippen LogP contribution is 2.71. The van der Waals surface area contributed by atoms with Crippen LogP contribution in [0.3, 0.4) is 0 Å². The van der Waals surface area contributed by atoms with Gasteiger partial charge in [-0.25, -0.2) is 0 Å². The molecule has 1 aromatic rings. The van der Waals surface area contributed by atoms with Crippen LogP contribution >= 0.6 is 11.8 Å². The molecule has 1 aromatic carbocycles. The van der Waals surface area contributed by atoms with Gasteiger partial charge in [0.25, 0.3) is 0 Å². The van der Waals surface area contributed by atoms with Gasteiger partial charge in [0, 0.05) is 17.3 Å². The van der Waals surface area contributed by atoms with Crippen molar-refractivity contribution in [2.75, 3.05) is 19.8 Å². The van der Waals surface area contributed by atoms with Gasteiger partial charge in [-0.05, 0) is 64.4 Å². The molecule has 7 nitrogen and oxygen atoms in total. The molecule has 4 rings (SSSR count). The Labute approximate surface area is 255 Å². The number of hydrogen-bond donors (Lipinski definition) is 1. The number of benzene rings is 1. The van der Waals surface area contributed by atoms with Crippen LogP contribution in [0.2, 0.25) is 0 Å². The average molecular weight is 597 g/mol. The summed E-state index contributed by atoms with van der Waals surface area (Å²) >= 11 is 1.64. The van der Waals surface area contributed by atoms with E-state index in [-0.39, 0.29) is 30.4 Å². The zero-order chi connectivity index (χ0) is 30.5. The molecule has 2 amide bonds. The lowest BCUT2D eigenvalue weighted by atomic mass is 9.66. The molecule has 1 N–H and O–H groups in total. The second-order valence-corrected chi connectivity index (χ2v) is 14.3. The van der Waals surface area contributed by atoms with Crippen molar-refractivity contribution in [2.45, 2.75) is 99.8 Å². The first-order valence-electron chi connectivity index (χ1n) is 15.5. The summed E-state index contributed by atoms with van der Waals surface area (Å²) < 4.78 is 4.55. The number of carbonyl (C=O) groups excluding carboxylic acids is 3. The molecule has 8 heteroatoms. The molecule has 2 bridgehead atoms. The van der Waals surface area contributed by atoms with E-state index in [1.165, 1.54) is 0 Å². The molecule has 7 atom stereocenters. The third kappa shape index (κ3) is 5.94. The Bertz CT molecular complexity index is 1140. The van der Waals surface area contributed by atoms with Gasteiger partial charge >= 0.3 is 5.97 Å². The maximum atomic E-state index is 14.7. The van der Waals surface area contributed by atoms with E-state index in [2.05, 4.69) is 27.0 Å². The van der Waals surface area contributed by atoms with Crippen molar-refractivity contribution in [3.8, 4) is 0 Å². The Morgan fingerprint density at radius 2 is 1.95 bits per heavy atom. The minimum atomic E-state index is -0.785. The number of allylic oxidation sites excluding steroid dienone is 1.